The zero-order valence-corrected chi connectivity index (χ0v) is 12.6. The number of hydrogen-bond acceptors (Lipinski definition) is 3. The minimum absolute atomic E-state index is 0.105. The number of anilines is 1. The summed E-state index contributed by atoms with van der Waals surface area (Å²) < 4.78 is 12.9. The van der Waals surface area contributed by atoms with Gasteiger partial charge in [-0.15, -0.1) is 11.3 Å². The fraction of sp³-hybridized carbons (Fsp3) is 0.250. The van der Waals surface area contributed by atoms with E-state index in [1.165, 1.54) is 35.6 Å². The van der Waals surface area contributed by atoms with E-state index in [-0.39, 0.29) is 17.6 Å². The molecule has 6 heteroatoms. The van der Waals surface area contributed by atoms with Gasteiger partial charge >= 0.3 is 0 Å². The maximum Gasteiger partial charge on any atom is 0.264 e. The first-order chi connectivity index (χ1) is 10.6. The van der Waals surface area contributed by atoms with Crippen LogP contribution in [-0.2, 0) is 4.79 Å². The lowest BCUT2D eigenvalue weighted by molar-refractivity contribution is -0.119. The number of hydrogen-bond donors (Lipinski definition) is 1. The number of likely N-dealkylation sites (tertiary alicyclic amines) is 1. The minimum Gasteiger partial charge on any atom is -0.326 e. The fourth-order valence-corrected chi connectivity index (χ4v) is 3.26. The SMILES string of the molecule is O=C(Nc1ccc(F)cc1)[C@@H]1CCCN1C(=O)c1cccs1. The van der Waals surface area contributed by atoms with Crippen molar-refractivity contribution in [2.24, 2.45) is 0 Å². The molecule has 0 aliphatic carbocycles. The number of nitrogens with one attached hydrogen (secondary N) is 1. The number of benzene rings is 1. The molecule has 4 nitrogen and oxygen atoms in total. The van der Waals surface area contributed by atoms with Crippen LogP contribution in [0, 0.1) is 5.82 Å². The van der Waals surface area contributed by atoms with Gasteiger partial charge in [-0.3, -0.25) is 9.59 Å². The average Bonchev–Trinajstić information content (AvgIpc) is 3.20. The normalized spacial score (nSPS) is 17.5. The molecule has 1 aromatic heterocycles. The third kappa shape index (κ3) is 3.01. The van der Waals surface area contributed by atoms with Crippen LogP contribution in [0.15, 0.2) is 41.8 Å². The molecule has 1 atom stereocenters. The highest BCUT2D eigenvalue weighted by molar-refractivity contribution is 7.12. The first kappa shape index (κ1) is 14.7. The summed E-state index contributed by atoms with van der Waals surface area (Å²) in [6, 6.07) is 8.71. The number of nitrogens with zero attached hydrogens (tertiary/aromatic N) is 1. The number of amides is 2. The molecule has 2 heterocycles. The van der Waals surface area contributed by atoms with Gasteiger partial charge in [-0.05, 0) is 48.6 Å². The molecule has 1 saturated heterocycles. The predicted octanol–water partition coefficient (Wildman–Crippen LogP) is 3.13. The van der Waals surface area contributed by atoms with Crippen LogP contribution < -0.4 is 5.32 Å². The Hall–Kier alpha value is -2.21. The summed E-state index contributed by atoms with van der Waals surface area (Å²) in [5.74, 6) is -0.686. The molecular formula is C16H15FN2O2S. The van der Waals surface area contributed by atoms with E-state index in [1.807, 2.05) is 11.4 Å². The quantitative estimate of drug-likeness (QED) is 0.945. The van der Waals surface area contributed by atoms with Gasteiger partial charge in [0, 0.05) is 12.2 Å². The molecule has 0 unspecified atom stereocenters. The fourth-order valence-electron chi connectivity index (χ4n) is 2.58. The maximum atomic E-state index is 12.9. The average molecular weight is 318 g/mol. The predicted molar refractivity (Wildman–Crippen MR) is 83.4 cm³/mol. The number of carbonyl (C=O) groups excluding carboxylic acids is 2. The van der Waals surface area contributed by atoms with Crippen molar-refractivity contribution in [3.05, 3.63) is 52.5 Å². The van der Waals surface area contributed by atoms with Gasteiger partial charge in [-0.2, -0.15) is 0 Å². The first-order valence-electron chi connectivity index (χ1n) is 7.06. The summed E-state index contributed by atoms with van der Waals surface area (Å²) in [6.07, 6.45) is 1.45. The second-order valence-corrected chi connectivity index (χ2v) is 6.08. The first-order valence-corrected chi connectivity index (χ1v) is 7.94. The van der Waals surface area contributed by atoms with Gasteiger partial charge < -0.3 is 10.2 Å². The Kier molecular flexibility index (Phi) is 4.20. The van der Waals surface area contributed by atoms with Crippen molar-refractivity contribution >= 4 is 28.8 Å². The van der Waals surface area contributed by atoms with Crippen molar-refractivity contribution in [3.8, 4) is 0 Å². The van der Waals surface area contributed by atoms with Gasteiger partial charge in [0.05, 0.1) is 4.88 Å². The molecule has 0 spiro atoms. The third-order valence-electron chi connectivity index (χ3n) is 3.66. The molecule has 22 heavy (non-hydrogen) atoms. The lowest BCUT2D eigenvalue weighted by atomic mass is 10.2. The summed E-state index contributed by atoms with van der Waals surface area (Å²) in [4.78, 5) is 27.1. The number of thiophene rings is 1. The van der Waals surface area contributed by atoms with E-state index in [2.05, 4.69) is 5.32 Å². The van der Waals surface area contributed by atoms with E-state index in [0.717, 1.165) is 6.42 Å². The van der Waals surface area contributed by atoms with Crippen molar-refractivity contribution in [2.45, 2.75) is 18.9 Å². The summed E-state index contributed by atoms with van der Waals surface area (Å²) in [5.41, 5.74) is 0.529. The molecule has 1 aliphatic heterocycles. The molecule has 114 valence electrons. The molecule has 1 N–H and O–H groups in total. The van der Waals surface area contributed by atoms with Crippen molar-refractivity contribution in [3.63, 3.8) is 0 Å². The minimum atomic E-state index is -0.473. The third-order valence-corrected chi connectivity index (χ3v) is 4.52. The Labute approximate surface area is 131 Å². The Balaban J connectivity index is 1.71. The number of halogens is 1. The van der Waals surface area contributed by atoms with Crippen LogP contribution in [0.5, 0.6) is 0 Å². The van der Waals surface area contributed by atoms with E-state index >= 15 is 0 Å². The zero-order chi connectivity index (χ0) is 15.5. The lowest BCUT2D eigenvalue weighted by Crippen LogP contribution is -2.42. The van der Waals surface area contributed by atoms with Gasteiger partial charge in [0.1, 0.15) is 11.9 Å². The highest BCUT2D eigenvalue weighted by atomic mass is 32.1. The van der Waals surface area contributed by atoms with Crippen molar-refractivity contribution in [2.75, 3.05) is 11.9 Å². The van der Waals surface area contributed by atoms with Crippen molar-refractivity contribution in [1.29, 1.82) is 0 Å². The monoisotopic (exact) mass is 318 g/mol. The summed E-state index contributed by atoms with van der Waals surface area (Å²) in [5, 5.41) is 4.59. The summed E-state index contributed by atoms with van der Waals surface area (Å²) >= 11 is 1.37. The number of rotatable bonds is 3. The van der Waals surface area contributed by atoms with Crippen LogP contribution in [0.4, 0.5) is 10.1 Å². The smallest absolute Gasteiger partial charge is 0.264 e. The van der Waals surface area contributed by atoms with Crippen molar-refractivity contribution < 1.29 is 14.0 Å². The second-order valence-electron chi connectivity index (χ2n) is 5.13. The van der Waals surface area contributed by atoms with Crippen LogP contribution >= 0.6 is 11.3 Å². The van der Waals surface area contributed by atoms with E-state index < -0.39 is 6.04 Å². The van der Waals surface area contributed by atoms with Crippen LogP contribution in [0.3, 0.4) is 0 Å². The lowest BCUT2D eigenvalue weighted by Gasteiger charge is -2.23. The van der Waals surface area contributed by atoms with Gasteiger partial charge in [0.2, 0.25) is 5.91 Å². The van der Waals surface area contributed by atoms with E-state index in [4.69, 9.17) is 0 Å². The highest BCUT2D eigenvalue weighted by Gasteiger charge is 2.34. The molecule has 0 radical (unpaired) electrons. The van der Waals surface area contributed by atoms with Gasteiger partial charge in [-0.25, -0.2) is 4.39 Å². The molecule has 2 aromatic rings. The van der Waals surface area contributed by atoms with Crippen LogP contribution in [0.25, 0.3) is 0 Å². The van der Waals surface area contributed by atoms with Gasteiger partial charge in [-0.1, -0.05) is 6.07 Å². The Morgan fingerprint density at radius 1 is 1.23 bits per heavy atom. The largest absolute Gasteiger partial charge is 0.326 e. The Morgan fingerprint density at radius 2 is 2.00 bits per heavy atom. The van der Waals surface area contributed by atoms with Crippen LogP contribution in [-0.4, -0.2) is 29.3 Å². The van der Waals surface area contributed by atoms with Gasteiger partial charge in [0.25, 0.3) is 5.91 Å². The Bertz CT molecular complexity index is 670. The molecular weight excluding hydrogens is 303 g/mol. The highest BCUT2D eigenvalue weighted by Crippen LogP contribution is 2.23. The van der Waals surface area contributed by atoms with Gasteiger partial charge in [0.15, 0.2) is 0 Å². The van der Waals surface area contributed by atoms with Crippen LogP contribution in [0.2, 0.25) is 0 Å². The molecule has 0 saturated carbocycles. The molecule has 0 bridgehead atoms. The molecule has 1 fully saturated rings. The van der Waals surface area contributed by atoms with E-state index in [0.29, 0.717) is 23.5 Å². The zero-order valence-electron chi connectivity index (χ0n) is 11.8. The van der Waals surface area contributed by atoms with Crippen molar-refractivity contribution in [1.82, 2.24) is 4.90 Å². The maximum absolute atomic E-state index is 12.9. The standard InChI is InChI=1S/C16H15FN2O2S/c17-11-5-7-12(8-6-11)18-15(20)13-3-1-9-19(13)16(21)14-4-2-10-22-14/h2,4-8,10,13H,1,3,9H2,(H,18,20)/t13-/m0/s1. The molecule has 1 aromatic carbocycles. The topological polar surface area (TPSA) is 49.4 Å². The summed E-state index contributed by atoms with van der Waals surface area (Å²) in [7, 11) is 0. The summed E-state index contributed by atoms with van der Waals surface area (Å²) in [6.45, 7) is 0.582. The second kappa shape index (κ2) is 6.27. The molecule has 1 aliphatic rings. The Morgan fingerprint density at radius 3 is 2.68 bits per heavy atom. The van der Waals surface area contributed by atoms with E-state index in [9.17, 15) is 14.0 Å². The van der Waals surface area contributed by atoms with Crippen LogP contribution in [0.1, 0.15) is 22.5 Å². The van der Waals surface area contributed by atoms with E-state index in [1.54, 1.807) is 11.0 Å². The number of carbonyl (C=O) groups is 2. The molecule has 2 amide bonds. The molecule has 3 rings (SSSR count).